The normalized spacial score (nSPS) is 17.6. The zero-order valence-electron chi connectivity index (χ0n) is 14.0. The number of carbonyl (C=O) groups excluding carboxylic acids is 1. The molecule has 1 fully saturated rings. The lowest BCUT2D eigenvalue weighted by Crippen LogP contribution is -2.36. The highest BCUT2D eigenvalue weighted by Gasteiger charge is 2.26. The van der Waals surface area contributed by atoms with Gasteiger partial charge >= 0.3 is 0 Å². The van der Waals surface area contributed by atoms with Crippen LogP contribution in [0.2, 0.25) is 0 Å². The highest BCUT2D eigenvalue weighted by atomic mass is 19.1. The summed E-state index contributed by atoms with van der Waals surface area (Å²) < 4.78 is 13.1. The lowest BCUT2D eigenvalue weighted by atomic mass is 9.96. The number of benzene rings is 1. The highest BCUT2D eigenvalue weighted by Crippen LogP contribution is 2.35. The van der Waals surface area contributed by atoms with E-state index in [4.69, 9.17) is 5.73 Å². The van der Waals surface area contributed by atoms with Gasteiger partial charge in [-0.15, -0.1) is 0 Å². The van der Waals surface area contributed by atoms with E-state index in [1.165, 1.54) is 25.0 Å². The van der Waals surface area contributed by atoms with Crippen molar-refractivity contribution >= 4 is 5.91 Å². The molecule has 0 radical (unpaired) electrons. The Morgan fingerprint density at radius 2 is 2.04 bits per heavy atom. The van der Waals surface area contributed by atoms with Gasteiger partial charge in [0.2, 0.25) is 5.91 Å². The Bertz CT molecular complexity index is 549. The van der Waals surface area contributed by atoms with Gasteiger partial charge in [0, 0.05) is 11.6 Å². The van der Waals surface area contributed by atoms with Crippen LogP contribution in [0.1, 0.15) is 57.6 Å². The van der Waals surface area contributed by atoms with Gasteiger partial charge < -0.3 is 11.1 Å². The summed E-state index contributed by atoms with van der Waals surface area (Å²) in [5.41, 5.74) is 7.43. The van der Waals surface area contributed by atoms with Crippen molar-refractivity contribution in [3.63, 3.8) is 0 Å². The first kappa shape index (κ1) is 17.5. The number of nitrogens with one attached hydrogen (secondary N) is 1. The molecule has 3 nitrogen and oxygen atoms in total. The molecule has 0 saturated heterocycles. The van der Waals surface area contributed by atoms with E-state index in [2.05, 4.69) is 5.32 Å². The van der Waals surface area contributed by atoms with Gasteiger partial charge in [-0.2, -0.15) is 0 Å². The molecule has 0 spiro atoms. The second-order valence-corrected chi connectivity index (χ2v) is 6.41. The SMILES string of the molecule is C/C=C(\N)C(NC(=O)C(CC)CCC1CC1)c1ccc(F)cc1. The third kappa shape index (κ3) is 5.08. The summed E-state index contributed by atoms with van der Waals surface area (Å²) >= 11 is 0. The first-order chi connectivity index (χ1) is 11.0. The molecule has 4 heteroatoms. The molecule has 1 aromatic carbocycles. The first-order valence-corrected chi connectivity index (χ1v) is 8.52. The maximum absolute atomic E-state index is 13.1. The van der Waals surface area contributed by atoms with E-state index >= 15 is 0 Å². The van der Waals surface area contributed by atoms with Gasteiger partial charge in [0.25, 0.3) is 0 Å². The van der Waals surface area contributed by atoms with Crippen molar-refractivity contribution in [3.05, 3.63) is 47.4 Å². The molecule has 23 heavy (non-hydrogen) atoms. The summed E-state index contributed by atoms with van der Waals surface area (Å²) in [6.07, 6.45) is 7.28. The minimum atomic E-state index is -0.400. The van der Waals surface area contributed by atoms with Crippen LogP contribution < -0.4 is 11.1 Å². The van der Waals surface area contributed by atoms with Gasteiger partial charge in [0.15, 0.2) is 0 Å². The van der Waals surface area contributed by atoms with Gasteiger partial charge in [-0.1, -0.05) is 38.0 Å². The summed E-state index contributed by atoms with van der Waals surface area (Å²) in [7, 11) is 0. The van der Waals surface area contributed by atoms with Crippen molar-refractivity contribution in [1.29, 1.82) is 0 Å². The van der Waals surface area contributed by atoms with Crippen LogP contribution in [0.15, 0.2) is 36.0 Å². The molecule has 0 aliphatic heterocycles. The molecule has 3 N–H and O–H groups in total. The summed E-state index contributed by atoms with van der Waals surface area (Å²) in [5, 5.41) is 3.04. The average molecular weight is 318 g/mol. The lowest BCUT2D eigenvalue weighted by molar-refractivity contribution is -0.125. The van der Waals surface area contributed by atoms with Crippen molar-refractivity contribution in [3.8, 4) is 0 Å². The molecule has 1 amide bonds. The highest BCUT2D eigenvalue weighted by molar-refractivity contribution is 5.79. The van der Waals surface area contributed by atoms with Crippen molar-refractivity contribution in [2.75, 3.05) is 0 Å². The maximum atomic E-state index is 13.1. The van der Waals surface area contributed by atoms with E-state index < -0.39 is 6.04 Å². The average Bonchev–Trinajstić information content (AvgIpc) is 3.37. The molecule has 1 aromatic rings. The number of hydrogen-bond donors (Lipinski definition) is 2. The van der Waals surface area contributed by atoms with Crippen molar-refractivity contribution in [1.82, 2.24) is 5.32 Å². The summed E-state index contributed by atoms with van der Waals surface area (Å²) in [5.74, 6) is 0.578. The van der Waals surface area contributed by atoms with Crippen LogP contribution in [-0.4, -0.2) is 5.91 Å². The van der Waals surface area contributed by atoms with E-state index in [9.17, 15) is 9.18 Å². The maximum Gasteiger partial charge on any atom is 0.223 e. The van der Waals surface area contributed by atoms with E-state index in [1.54, 1.807) is 18.2 Å². The fourth-order valence-corrected chi connectivity index (χ4v) is 2.81. The molecular weight excluding hydrogens is 291 g/mol. The fraction of sp³-hybridized carbons (Fsp3) is 0.526. The quantitative estimate of drug-likeness (QED) is 0.759. The molecule has 1 aliphatic carbocycles. The van der Waals surface area contributed by atoms with Gasteiger partial charge in [0.05, 0.1) is 6.04 Å². The fourth-order valence-electron chi connectivity index (χ4n) is 2.81. The lowest BCUT2D eigenvalue weighted by Gasteiger charge is -2.23. The molecule has 2 unspecified atom stereocenters. The van der Waals surface area contributed by atoms with Gasteiger partial charge in [-0.05, 0) is 49.8 Å². The molecule has 0 bridgehead atoms. The summed E-state index contributed by atoms with van der Waals surface area (Å²) in [6, 6.07) is 5.72. The smallest absolute Gasteiger partial charge is 0.223 e. The molecule has 0 aromatic heterocycles. The molecule has 2 rings (SSSR count). The Morgan fingerprint density at radius 1 is 1.39 bits per heavy atom. The minimum Gasteiger partial charge on any atom is -0.400 e. The van der Waals surface area contributed by atoms with Crippen LogP contribution in [0.4, 0.5) is 4.39 Å². The van der Waals surface area contributed by atoms with E-state index in [0.717, 1.165) is 30.7 Å². The monoisotopic (exact) mass is 318 g/mol. The second-order valence-electron chi connectivity index (χ2n) is 6.41. The van der Waals surface area contributed by atoms with Crippen molar-refractivity contribution < 1.29 is 9.18 Å². The van der Waals surface area contributed by atoms with Crippen molar-refractivity contribution in [2.45, 2.75) is 52.0 Å². The molecule has 126 valence electrons. The first-order valence-electron chi connectivity index (χ1n) is 8.52. The van der Waals surface area contributed by atoms with Crippen LogP contribution in [0.5, 0.6) is 0 Å². The largest absolute Gasteiger partial charge is 0.400 e. The third-order valence-corrected chi connectivity index (χ3v) is 4.64. The number of carbonyl (C=O) groups is 1. The van der Waals surface area contributed by atoms with Gasteiger partial charge in [-0.3, -0.25) is 4.79 Å². The number of amides is 1. The number of nitrogens with two attached hydrogens (primary N) is 1. The number of allylic oxidation sites excluding steroid dienone is 1. The molecule has 2 atom stereocenters. The Hall–Kier alpha value is -1.84. The van der Waals surface area contributed by atoms with E-state index in [0.29, 0.717) is 5.70 Å². The second kappa shape index (κ2) is 8.14. The third-order valence-electron chi connectivity index (χ3n) is 4.64. The Labute approximate surface area is 138 Å². The van der Waals surface area contributed by atoms with E-state index in [1.807, 2.05) is 13.8 Å². The topological polar surface area (TPSA) is 55.1 Å². The molecule has 1 aliphatic rings. The Balaban J connectivity index is 2.06. The predicted octanol–water partition coefficient (Wildman–Crippen LogP) is 4.06. The molecule has 1 saturated carbocycles. The molecule has 0 heterocycles. The van der Waals surface area contributed by atoms with Crippen LogP contribution in [0.3, 0.4) is 0 Å². The van der Waals surface area contributed by atoms with Crippen LogP contribution >= 0.6 is 0 Å². The Morgan fingerprint density at radius 3 is 2.57 bits per heavy atom. The zero-order chi connectivity index (χ0) is 16.8. The van der Waals surface area contributed by atoms with Crippen molar-refractivity contribution in [2.24, 2.45) is 17.6 Å². The summed E-state index contributed by atoms with van der Waals surface area (Å²) in [6.45, 7) is 3.88. The van der Waals surface area contributed by atoms with Crippen LogP contribution in [0.25, 0.3) is 0 Å². The van der Waals surface area contributed by atoms with Gasteiger partial charge in [-0.25, -0.2) is 4.39 Å². The molecular formula is C19H27FN2O. The number of rotatable bonds is 8. The number of halogens is 1. The minimum absolute atomic E-state index is 0.0169. The predicted molar refractivity (Wildman–Crippen MR) is 91.0 cm³/mol. The Kier molecular flexibility index (Phi) is 6.20. The van der Waals surface area contributed by atoms with Crippen LogP contribution in [0, 0.1) is 17.7 Å². The van der Waals surface area contributed by atoms with Gasteiger partial charge in [0.1, 0.15) is 5.82 Å². The number of hydrogen-bond acceptors (Lipinski definition) is 2. The van der Waals surface area contributed by atoms with E-state index in [-0.39, 0.29) is 17.6 Å². The zero-order valence-corrected chi connectivity index (χ0v) is 14.0. The summed E-state index contributed by atoms with van der Waals surface area (Å²) in [4.78, 5) is 12.6. The standard InChI is InChI=1S/C19H27FN2O/c1-3-14(8-7-13-5-6-13)19(23)22-18(17(21)4-2)15-9-11-16(20)12-10-15/h4,9-14,18H,3,5-8,21H2,1-2H3,(H,22,23)/b17-4-. The van der Waals surface area contributed by atoms with Crippen LogP contribution in [-0.2, 0) is 4.79 Å².